The first-order valence-electron chi connectivity index (χ1n) is 6.06. The van der Waals surface area contributed by atoms with Crippen LogP contribution in [0.15, 0.2) is 18.2 Å². The van der Waals surface area contributed by atoms with Crippen molar-refractivity contribution in [3.63, 3.8) is 0 Å². The van der Waals surface area contributed by atoms with E-state index in [9.17, 15) is 18.0 Å². The van der Waals surface area contributed by atoms with Crippen molar-refractivity contribution in [2.45, 2.75) is 25.4 Å². The number of alkyl halides is 3. The predicted molar refractivity (Wildman–Crippen MR) is 62.9 cm³/mol. The van der Waals surface area contributed by atoms with E-state index in [1.54, 1.807) is 0 Å². The topological polar surface area (TPSA) is 38.3 Å². The average molecular weight is 273 g/mol. The molecule has 0 aliphatic carbocycles. The van der Waals surface area contributed by atoms with Gasteiger partial charge in [-0.3, -0.25) is 4.79 Å². The Labute approximate surface area is 108 Å². The van der Waals surface area contributed by atoms with E-state index in [0.717, 1.165) is 12.1 Å². The first kappa shape index (κ1) is 13.7. The normalized spacial score (nSPS) is 17.1. The van der Waals surface area contributed by atoms with Crippen LogP contribution in [0.25, 0.3) is 0 Å². The van der Waals surface area contributed by atoms with Crippen LogP contribution in [0.2, 0.25) is 0 Å². The van der Waals surface area contributed by atoms with Crippen LogP contribution >= 0.6 is 0 Å². The SMILES string of the molecule is O=C1CCc2ccc(C(F)(F)F)cc2OCCCN1. The van der Waals surface area contributed by atoms with Gasteiger partial charge in [0.2, 0.25) is 5.91 Å². The number of hydrogen-bond acceptors (Lipinski definition) is 2. The van der Waals surface area contributed by atoms with Gasteiger partial charge in [-0.1, -0.05) is 6.07 Å². The number of halogens is 3. The molecule has 104 valence electrons. The fourth-order valence-electron chi connectivity index (χ4n) is 1.89. The second-order valence-electron chi connectivity index (χ2n) is 4.37. The third-order valence-corrected chi connectivity index (χ3v) is 2.92. The largest absolute Gasteiger partial charge is 0.493 e. The molecule has 0 aromatic heterocycles. The monoisotopic (exact) mass is 273 g/mol. The van der Waals surface area contributed by atoms with E-state index in [-0.39, 0.29) is 24.7 Å². The molecule has 2 rings (SSSR count). The van der Waals surface area contributed by atoms with Crippen molar-refractivity contribution in [3.05, 3.63) is 29.3 Å². The summed E-state index contributed by atoms with van der Waals surface area (Å²) in [6.07, 6.45) is -3.19. The van der Waals surface area contributed by atoms with Gasteiger partial charge in [0.1, 0.15) is 5.75 Å². The zero-order valence-electron chi connectivity index (χ0n) is 10.2. The second kappa shape index (κ2) is 5.50. The fourth-order valence-corrected chi connectivity index (χ4v) is 1.89. The summed E-state index contributed by atoms with van der Waals surface area (Å²) in [5, 5.41) is 2.72. The maximum atomic E-state index is 12.6. The number of aryl methyl sites for hydroxylation is 1. The summed E-state index contributed by atoms with van der Waals surface area (Å²) in [6.45, 7) is 0.766. The first-order chi connectivity index (χ1) is 8.97. The molecule has 1 aromatic rings. The maximum Gasteiger partial charge on any atom is 0.416 e. The molecule has 1 N–H and O–H groups in total. The predicted octanol–water partition coefficient (Wildman–Crippen LogP) is 2.54. The highest BCUT2D eigenvalue weighted by Gasteiger charge is 2.31. The van der Waals surface area contributed by atoms with Crippen LogP contribution in [-0.4, -0.2) is 19.1 Å². The van der Waals surface area contributed by atoms with E-state index >= 15 is 0 Å². The molecule has 3 nitrogen and oxygen atoms in total. The van der Waals surface area contributed by atoms with Crippen molar-refractivity contribution >= 4 is 5.91 Å². The number of rotatable bonds is 0. The van der Waals surface area contributed by atoms with Gasteiger partial charge in [0.25, 0.3) is 0 Å². The molecule has 0 saturated heterocycles. The number of benzene rings is 1. The van der Waals surface area contributed by atoms with Crippen molar-refractivity contribution in [1.82, 2.24) is 5.32 Å². The van der Waals surface area contributed by atoms with Crippen molar-refractivity contribution in [2.24, 2.45) is 0 Å². The molecule has 6 heteroatoms. The van der Waals surface area contributed by atoms with E-state index in [2.05, 4.69) is 5.32 Å². The Hall–Kier alpha value is -1.72. The third-order valence-electron chi connectivity index (χ3n) is 2.92. The molecule has 1 aromatic carbocycles. The Morgan fingerprint density at radius 2 is 2.00 bits per heavy atom. The summed E-state index contributed by atoms with van der Waals surface area (Å²) in [7, 11) is 0. The lowest BCUT2D eigenvalue weighted by molar-refractivity contribution is -0.137. The lowest BCUT2D eigenvalue weighted by Gasteiger charge is -2.16. The number of amides is 1. The van der Waals surface area contributed by atoms with Gasteiger partial charge in [-0.2, -0.15) is 13.2 Å². The maximum absolute atomic E-state index is 12.6. The van der Waals surface area contributed by atoms with Crippen LogP contribution in [0.3, 0.4) is 0 Å². The van der Waals surface area contributed by atoms with Crippen molar-refractivity contribution in [2.75, 3.05) is 13.2 Å². The molecular formula is C13H14F3NO2. The van der Waals surface area contributed by atoms with Gasteiger partial charge in [0.05, 0.1) is 12.2 Å². The highest BCUT2D eigenvalue weighted by Crippen LogP contribution is 2.33. The minimum atomic E-state index is -4.38. The van der Waals surface area contributed by atoms with Crippen LogP contribution in [0.1, 0.15) is 24.0 Å². The van der Waals surface area contributed by atoms with Gasteiger partial charge in [-0.15, -0.1) is 0 Å². The first-order valence-corrected chi connectivity index (χ1v) is 6.06. The number of carbonyl (C=O) groups excluding carboxylic acids is 1. The van der Waals surface area contributed by atoms with Crippen molar-refractivity contribution in [3.8, 4) is 5.75 Å². The van der Waals surface area contributed by atoms with E-state index in [1.165, 1.54) is 6.07 Å². The number of carbonyl (C=O) groups is 1. The molecule has 0 fully saturated rings. The molecule has 19 heavy (non-hydrogen) atoms. The molecular weight excluding hydrogens is 259 g/mol. The summed E-state index contributed by atoms with van der Waals surface area (Å²) < 4.78 is 43.3. The Morgan fingerprint density at radius 3 is 2.74 bits per heavy atom. The van der Waals surface area contributed by atoms with E-state index in [0.29, 0.717) is 24.9 Å². The zero-order valence-corrected chi connectivity index (χ0v) is 10.2. The van der Waals surface area contributed by atoms with E-state index < -0.39 is 11.7 Å². The number of hydrogen-bond donors (Lipinski definition) is 1. The fraction of sp³-hybridized carbons (Fsp3) is 0.462. The minimum Gasteiger partial charge on any atom is -0.493 e. The van der Waals surface area contributed by atoms with Crippen molar-refractivity contribution < 1.29 is 22.7 Å². The summed E-state index contributed by atoms with van der Waals surface area (Å²) in [5.74, 6) is 0.136. The summed E-state index contributed by atoms with van der Waals surface area (Å²) in [5.41, 5.74) is -0.0992. The molecule has 0 spiro atoms. The van der Waals surface area contributed by atoms with Crippen LogP contribution in [0, 0.1) is 0 Å². The van der Waals surface area contributed by atoms with Crippen LogP contribution < -0.4 is 10.1 Å². The van der Waals surface area contributed by atoms with Gasteiger partial charge in [0.15, 0.2) is 0 Å². The Kier molecular flexibility index (Phi) is 3.97. The van der Waals surface area contributed by atoms with Gasteiger partial charge in [-0.05, 0) is 30.5 Å². The average Bonchev–Trinajstić information content (AvgIpc) is 2.35. The Balaban J connectivity index is 2.27. The lowest BCUT2D eigenvalue weighted by Crippen LogP contribution is -2.26. The van der Waals surface area contributed by atoms with Crippen LogP contribution in [-0.2, 0) is 17.4 Å². The third kappa shape index (κ3) is 3.62. The molecule has 0 atom stereocenters. The highest BCUT2D eigenvalue weighted by molar-refractivity contribution is 5.76. The van der Waals surface area contributed by atoms with E-state index in [4.69, 9.17) is 4.74 Å². The molecule has 1 amide bonds. The van der Waals surface area contributed by atoms with Gasteiger partial charge < -0.3 is 10.1 Å². The van der Waals surface area contributed by atoms with Crippen LogP contribution in [0.4, 0.5) is 13.2 Å². The minimum absolute atomic E-state index is 0.0900. The lowest BCUT2D eigenvalue weighted by atomic mass is 10.0. The smallest absolute Gasteiger partial charge is 0.416 e. The molecule has 1 aliphatic rings. The van der Waals surface area contributed by atoms with Gasteiger partial charge >= 0.3 is 6.18 Å². The van der Waals surface area contributed by atoms with Gasteiger partial charge in [0, 0.05) is 13.0 Å². The molecule has 1 aliphatic heterocycles. The summed E-state index contributed by atoms with van der Waals surface area (Å²) in [6, 6.07) is 3.41. The van der Waals surface area contributed by atoms with Crippen LogP contribution in [0.5, 0.6) is 5.75 Å². The number of fused-ring (bicyclic) bond motifs is 1. The van der Waals surface area contributed by atoms with Gasteiger partial charge in [-0.25, -0.2) is 0 Å². The molecule has 1 heterocycles. The number of nitrogens with one attached hydrogen (secondary N) is 1. The molecule has 0 unspecified atom stereocenters. The molecule has 0 bridgehead atoms. The van der Waals surface area contributed by atoms with Crippen molar-refractivity contribution in [1.29, 1.82) is 0 Å². The Bertz CT molecular complexity index is 471. The zero-order chi connectivity index (χ0) is 13.9. The summed E-state index contributed by atoms with van der Waals surface area (Å²) >= 11 is 0. The standard InChI is InChI=1S/C13H14F3NO2/c14-13(15,16)10-4-2-9-3-5-12(18)17-6-1-7-19-11(9)8-10/h2,4,8H,1,3,5-7H2,(H,17,18). The summed E-state index contributed by atoms with van der Waals surface area (Å²) in [4.78, 5) is 11.4. The number of ether oxygens (including phenoxy) is 1. The van der Waals surface area contributed by atoms with E-state index in [1.807, 2.05) is 0 Å². The quantitative estimate of drug-likeness (QED) is 0.789. The highest BCUT2D eigenvalue weighted by atomic mass is 19.4. The second-order valence-corrected chi connectivity index (χ2v) is 4.37. The molecule has 0 radical (unpaired) electrons. The molecule has 0 saturated carbocycles. The Morgan fingerprint density at radius 1 is 1.21 bits per heavy atom.